The molecule has 1 amide bonds. The first kappa shape index (κ1) is 12.5. The van der Waals surface area contributed by atoms with Crippen molar-refractivity contribution in [1.82, 2.24) is 10.2 Å². The summed E-state index contributed by atoms with van der Waals surface area (Å²) in [6.45, 7) is 3.51. The van der Waals surface area contributed by atoms with E-state index in [1.54, 1.807) is 4.90 Å². The molecule has 0 fully saturated rings. The average molecular weight is 193 g/mol. The first-order valence-electron chi connectivity index (χ1n) is 4.54. The maximum absolute atomic E-state index is 11.2. The van der Waals surface area contributed by atoms with Crippen LogP contribution in [0.2, 0.25) is 0 Å². The number of nitrogens with one attached hydrogen (secondary N) is 1. The maximum Gasteiger partial charge on any atom is 0.234 e. The van der Waals surface area contributed by atoms with Gasteiger partial charge in [-0.05, 0) is 13.0 Å². The van der Waals surface area contributed by atoms with Gasteiger partial charge < -0.3 is 5.32 Å². The molecule has 0 saturated carbocycles. The zero-order valence-electron chi connectivity index (χ0n) is 8.42. The van der Waals surface area contributed by atoms with Gasteiger partial charge in [-0.25, -0.2) is 0 Å². The predicted octanol–water partition coefficient (Wildman–Crippen LogP) is -0.0286. The van der Waals surface area contributed by atoms with Crippen molar-refractivity contribution in [3.63, 3.8) is 0 Å². The summed E-state index contributed by atoms with van der Waals surface area (Å²) in [7, 11) is 0. The van der Waals surface area contributed by atoms with Gasteiger partial charge in [0.25, 0.3) is 0 Å². The van der Waals surface area contributed by atoms with Crippen molar-refractivity contribution in [2.75, 3.05) is 26.2 Å². The lowest BCUT2D eigenvalue weighted by Crippen LogP contribution is -2.37. The molecule has 76 valence electrons. The molecule has 14 heavy (non-hydrogen) atoms. The fourth-order valence-corrected chi connectivity index (χ4v) is 1.04. The lowest BCUT2D eigenvalue weighted by atomic mass is 10.4. The van der Waals surface area contributed by atoms with Crippen molar-refractivity contribution in [3.8, 4) is 18.4 Å². The van der Waals surface area contributed by atoms with E-state index in [2.05, 4.69) is 11.2 Å². The predicted molar refractivity (Wildman–Crippen MR) is 54.2 cm³/mol. The van der Waals surface area contributed by atoms with E-state index in [4.69, 9.17) is 11.7 Å². The normalized spacial score (nSPS) is 9.14. The molecule has 0 atom stereocenters. The largest absolute Gasteiger partial charge is 0.344 e. The maximum atomic E-state index is 11.2. The van der Waals surface area contributed by atoms with Gasteiger partial charge in [0.15, 0.2) is 0 Å². The van der Waals surface area contributed by atoms with Gasteiger partial charge in [-0.1, -0.05) is 12.8 Å². The van der Waals surface area contributed by atoms with Gasteiger partial charge in [0.2, 0.25) is 5.91 Å². The molecule has 0 unspecified atom stereocenters. The van der Waals surface area contributed by atoms with Crippen molar-refractivity contribution in [2.45, 2.75) is 13.3 Å². The third-order valence-electron chi connectivity index (χ3n) is 1.59. The molecule has 1 N–H and O–H groups in total. The van der Waals surface area contributed by atoms with E-state index < -0.39 is 0 Å². The molecule has 0 aliphatic carbocycles. The van der Waals surface area contributed by atoms with Crippen molar-refractivity contribution >= 4 is 5.91 Å². The SMILES string of the molecule is C#CCNC(=O)CN(CC#N)CCC. The van der Waals surface area contributed by atoms with Gasteiger partial charge in [0, 0.05) is 0 Å². The third kappa shape index (κ3) is 6.05. The second-order valence-corrected chi connectivity index (χ2v) is 2.85. The van der Waals surface area contributed by atoms with E-state index in [1.807, 2.05) is 13.0 Å². The topological polar surface area (TPSA) is 56.1 Å². The molecule has 0 heterocycles. The lowest BCUT2D eigenvalue weighted by molar-refractivity contribution is -0.121. The minimum Gasteiger partial charge on any atom is -0.344 e. The van der Waals surface area contributed by atoms with E-state index >= 15 is 0 Å². The molecule has 0 aromatic carbocycles. The van der Waals surface area contributed by atoms with Gasteiger partial charge in [0.05, 0.1) is 25.7 Å². The summed E-state index contributed by atoms with van der Waals surface area (Å²) < 4.78 is 0. The number of nitriles is 1. The Morgan fingerprint density at radius 1 is 1.64 bits per heavy atom. The first-order chi connectivity index (χ1) is 6.74. The Hall–Kier alpha value is -1.52. The molecule has 0 rings (SSSR count). The quantitative estimate of drug-likeness (QED) is 0.476. The molecule has 0 aromatic heterocycles. The Labute approximate surface area is 84.9 Å². The number of carbonyl (C=O) groups is 1. The summed E-state index contributed by atoms with van der Waals surface area (Å²) in [5.41, 5.74) is 0. The van der Waals surface area contributed by atoms with Crippen LogP contribution in [0.3, 0.4) is 0 Å². The van der Waals surface area contributed by atoms with Crippen LogP contribution in [-0.2, 0) is 4.79 Å². The Bertz CT molecular complexity index is 249. The number of rotatable bonds is 6. The second-order valence-electron chi connectivity index (χ2n) is 2.85. The summed E-state index contributed by atoms with van der Waals surface area (Å²) in [6, 6.07) is 2.02. The van der Waals surface area contributed by atoms with Crippen molar-refractivity contribution in [1.29, 1.82) is 5.26 Å². The van der Waals surface area contributed by atoms with Crippen LogP contribution in [0, 0.1) is 23.7 Å². The van der Waals surface area contributed by atoms with Gasteiger partial charge in [0.1, 0.15) is 0 Å². The van der Waals surface area contributed by atoms with Crippen molar-refractivity contribution < 1.29 is 4.79 Å². The van der Waals surface area contributed by atoms with Crippen LogP contribution in [-0.4, -0.2) is 37.0 Å². The van der Waals surface area contributed by atoms with E-state index in [0.29, 0.717) is 0 Å². The van der Waals surface area contributed by atoms with E-state index in [0.717, 1.165) is 13.0 Å². The number of hydrogen-bond acceptors (Lipinski definition) is 3. The van der Waals surface area contributed by atoms with Crippen LogP contribution in [0.1, 0.15) is 13.3 Å². The third-order valence-corrected chi connectivity index (χ3v) is 1.59. The Morgan fingerprint density at radius 2 is 2.36 bits per heavy atom. The molecular formula is C10H15N3O. The summed E-state index contributed by atoms with van der Waals surface area (Å²) in [6.07, 6.45) is 5.92. The van der Waals surface area contributed by atoms with Crippen molar-refractivity contribution in [3.05, 3.63) is 0 Å². The molecule has 0 aliphatic rings. The smallest absolute Gasteiger partial charge is 0.234 e. The van der Waals surface area contributed by atoms with Gasteiger partial charge in [-0.15, -0.1) is 6.42 Å². The summed E-state index contributed by atoms with van der Waals surface area (Å²) in [5, 5.41) is 11.1. The summed E-state index contributed by atoms with van der Waals surface area (Å²) >= 11 is 0. The van der Waals surface area contributed by atoms with Crippen LogP contribution in [0.4, 0.5) is 0 Å². The molecule has 0 aliphatic heterocycles. The number of terminal acetylenes is 1. The zero-order chi connectivity index (χ0) is 10.8. The highest BCUT2D eigenvalue weighted by Crippen LogP contribution is 1.89. The van der Waals surface area contributed by atoms with Gasteiger partial charge >= 0.3 is 0 Å². The second kappa shape index (κ2) is 8.10. The molecule has 0 saturated heterocycles. The van der Waals surface area contributed by atoms with Crippen LogP contribution in [0.5, 0.6) is 0 Å². The number of hydrogen-bond donors (Lipinski definition) is 1. The molecule has 0 radical (unpaired) electrons. The molecule has 0 aromatic rings. The molecule has 4 heteroatoms. The molecule has 0 bridgehead atoms. The fraction of sp³-hybridized carbons (Fsp3) is 0.600. The molecule has 4 nitrogen and oxygen atoms in total. The highest BCUT2D eigenvalue weighted by Gasteiger charge is 2.07. The highest BCUT2D eigenvalue weighted by molar-refractivity contribution is 5.78. The van der Waals surface area contributed by atoms with E-state index in [9.17, 15) is 4.79 Å². The summed E-state index contributed by atoms with van der Waals surface area (Å²) in [4.78, 5) is 13.0. The number of amides is 1. The van der Waals surface area contributed by atoms with E-state index in [1.165, 1.54) is 0 Å². The Kier molecular flexibility index (Phi) is 7.22. The Morgan fingerprint density at radius 3 is 2.86 bits per heavy atom. The van der Waals surface area contributed by atoms with Crippen LogP contribution >= 0.6 is 0 Å². The van der Waals surface area contributed by atoms with Crippen LogP contribution in [0.25, 0.3) is 0 Å². The van der Waals surface area contributed by atoms with Crippen LogP contribution < -0.4 is 5.32 Å². The standard InChI is InChI=1S/C10H15N3O/c1-3-6-12-10(14)9-13(7-4-2)8-5-11/h1H,4,6-9H2,2H3,(H,12,14). The van der Waals surface area contributed by atoms with Gasteiger partial charge in [-0.2, -0.15) is 5.26 Å². The minimum absolute atomic E-state index is 0.133. The first-order valence-corrected chi connectivity index (χ1v) is 4.54. The number of nitrogens with zero attached hydrogens (tertiary/aromatic N) is 2. The molecular weight excluding hydrogens is 178 g/mol. The minimum atomic E-state index is -0.133. The average Bonchev–Trinajstić information content (AvgIpc) is 2.15. The van der Waals surface area contributed by atoms with E-state index in [-0.39, 0.29) is 25.5 Å². The van der Waals surface area contributed by atoms with Crippen molar-refractivity contribution in [2.24, 2.45) is 0 Å². The fourth-order valence-electron chi connectivity index (χ4n) is 1.04. The number of carbonyl (C=O) groups excluding carboxylic acids is 1. The lowest BCUT2D eigenvalue weighted by Gasteiger charge is -2.16. The summed E-state index contributed by atoms with van der Waals surface area (Å²) in [5.74, 6) is 2.19. The zero-order valence-corrected chi connectivity index (χ0v) is 8.42. The highest BCUT2D eigenvalue weighted by atomic mass is 16.2. The van der Waals surface area contributed by atoms with Gasteiger partial charge in [-0.3, -0.25) is 9.69 Å². The molecule has 0 spiro atoms. The van der Waals surface area contributed by atoms with Crippen LogP contribution in [0.15, 0.2) is 0 Å². The Balaban J connectivity index is 3.85. The monoisotopic (exact) mass is 193 g/mol.